The molecule has 0 aliphatic heterocycles. The van der Waals surface area contributed by atoms with Crippen LogP contribution in [0.2, 0.25) is 0 Å². The van der Waals surface area contributed by atoms with Gasteiger partial charge in [-0.05, 0) is 50.1 Å². The molecular weight excluding hydrogens is 352 g/mol. The molecule has 28 heavy (non-hydrogen) atoms. The van der Waals surface area contributed by atoms with E-state index in [0.29, 0.717) is 18.1 Å². The predicted molar refractivity (Wildman–Crippen MR) is 111 cm³/mol. The first-order valence-electron chi connectivity index (χ1n) is 9.61. The number of pyridine rings is 1. The molecule has 0 spiro atoms. The second-order valence-electron chi connectivity index (χ2n) is 6.99. The Labute approximate surface area is 164 Å². The molecule has 0 N–H and O–H groups in total. The third-order valence-corrected chi connectivity index (χ3v) is 5.13. The van der Waals surface area contributed by atoms with Crippen molar-refractivity contribution in [2.24, 2.45) is 0 Å². The third kappa shape index (κ3) is 3.28. The summed E-state index contributed by atoms with van der Waals surface area (Å²) in [6.45, 7) is 2.16. The molecule has 1 saturated carbocycles. The molecule has 0 atom stereocenters. The van der Waals surface area contributed by atoms with Crippen LogP contribution in [0.3, 0.4) is 0 Å². The number of methoxy groups -OCH3 is 1. The van der Waals surface area contributed by atoms with Crippen LogP contribution in [0.15, 0.2) is 48.5 Å². The minimum absolute atomic E-state index is 0.307. The number of carbonyl (C=O) groups excluding carboxylic acids is 1. The highest BCUT2D eigenvalue weighted by atomic mass is 16.5. The van der Waals surface area contributed by atoms with Gasteiger partial charge < -0.3 is 14.4 Å². The van der Waals surface area contributed by atoms with Gasteiger partial charge >= 0.3 is 5.97 Å². The number of ether oxygens (including phenoxy) is 2. The first kappa shape index (κ1) is 18.3. The second-order valence-corrected chi connectivity index (χ2v) is 6.99. The summed E-state index contributed by atoms with van der Waals surface area (Å²) in [5, 5.41) is 0.938. The molecule has 2 aromatic carbocycles. The summed E-state index contributed by atoms with van der Waals surface area (Å²) in [6, 6.07) is 15.8. The number of hydrogen-bond acceptors (Lipinski definition) is 5. The minimum Gasteiger partial charge on any atom is -0.497 e. The predicted octanol–water partition coefficient (Wildman–Crippen LogP) is 5.07. The van der Waals surface area contributed by atoms with E-state index in [-0.39, 0.29) is 5.97 Å². The minimum atomic E-state index is -0.307. The van der Waals surface area contributed by atoms with E-state index in [4.69, 9.17) is 14.5 Å². The van der Waals surface area contributed by atoms with Crippen LogP contribution in [-0.2, 0) is 4.74 Å². The van der Waals surface area contributed by atoms with Gasteiger partial charge in [0.15, 0.2) is 0 Å². The van der Waals surface area contributed by atoms with Crippen LogP contribution in [0.4, 0.5) is 11.4 Å². The Morgan fingerprint density at radius 1 is 1.14 bits per heavy atom. The monoisotopic (exact) mass is 376 g/mol. The quantitative estimate of drug-likeness (QED) is 0.563. The van der Waals surface area contributed by atoms with Crippen molar-refractivity contribution in [1.29, 1.82) is 0 Å². The zero-order valence-corrected chi connectivity index (χ0v) is 16.4. The van der Waals surface area contributed by atoms with E-state index in [2.05, 4.69) is 0 Å². The molecule has 1 heterocycles. The molecule has 0 bridgehead atoms. The Kier molecular flexibility index (Phi) is 4.90. The average molecular weight is 376 g/mol. The van der Waals surface area contributed by atoms with Crippen LogP contribution < -0.4 is 9.64 Å². The lowest BCUT2D eigenvalue weighted by atomic mass is 10.0. The fourth-order valence-electron chi connectivity index (χ4n) is 3.55. The van der Waals surface area contributed by atoms with Crippen LogP contribution in [0.1, 0.15) is 41.7 Å². The Morgan fingerprint density at radius 2 is 1.86 bits per heavy atom. The van der Waals surface area contributed by atoms with E-state index in [1.165, 1.54) is 0 Å². The summed E-state index contributed by atoms with van der Waals surface area (Å²) in [5.74, 6) is 0.811. The number of carbonyl (C=O) groups is 1. The fourth-order valence-corrected chi connectivity index (χ4v) is 3.55. The maximum atomic E-state index is 13.0. The van der Waals surface area contributed by atoms with Gasteiger partial charge in [0.1, 0.15) is 11.3 Å². The fraction of sp³-hybridized carbons (Fsp3) is 0.304. The van der Waals surface area contributed by atoms with E-state index >= 15 is 0 Å². The lowest BCUT2D eigenvalue weighted by Gasteiger charge is -2.25. The molecule has 3 aromatic rings. The number of aromatic nitrogens is 1. The molecule has 5 heteroatoms. The van der Waals surface area contributed by atoms with Crippen LogP contribution in [0, 0.1) is 0 Å². The standard InChI is InChI=1S/C23H24N2O3/c1-4-28-23(26)20-21(15-9-10-15)24-19-8-6-5-7-18(19)22(20)25(2)16-11-13-17(27-3)14-12-16/h5-8,11-15H,4,9-10H2,1-3H3. The molecule has 0 radical (unpaired) electrons. The molecular formula is C23H24N2O3. The number of esters is 1. The lowest BCUT2D eigenvalue weighted by molar-refractivity contribution is 0.0525. The number of nitrogens with zero attached hydrogens (tertiary/aromatic N) is 2. The van der Waals surface area contributed by atoms with E-state index in [1.807, 2.05) is 67.4 Å². The van der Waals surface area contributed by atoms with Gasteiger partial charge in [-0.15, -0.1) is 0 Å². The zero-order valence-electron chi connectivity index (χ0n) is 16.4. The molecule has 144 valence electrons. The van der Waals surface area contributed by atoms with Crippen molar-refractivity contribution in [3.8, 4) is 5.75 Å². The zero-order chi connectivity index (χ0) is 19.7. The van der Waals surface area contributed by atoms with Gasteiger partial charge in [-0.3, -0.25) is 4.98 Å². The van der Waals surface area contributed by atoms with Crippen LogP contribution >= 0.6 is 0 Å². The maximum Gasteiger partial charge on any atom is 0.342 e. The van der Waals surface area contributed by atoms with Crippen molar-refractivity contribution >= 4 is 28.2 Å². The summed E-state index contributed by atoms with van der Waals surface area (Å²) in [6.07, 6.45) is 2.12. The van der Waals surface area contributed by atoms with Crippen molar-refractivity contribution in [3.05, 3.63) is 59.8 Å². The van der Waals surface area contributed by atoms with Crippen molar-refractivity contribution in [3.63, 3.8) is 0 Å². The molecule has 1 aliphatic rings. The molecule has 0 unspecified atom stereocenters. The largest absolute Gasteiger partial charge is 0.497 e. The number of hydrogen-bond donors (Lipinski definition) is 0. The SMILES string of the molecule is CCOC(=O)c1c(C2CC2)nc2ccccc2c1N(C)c1ccc(OC)cc1. The molecule has 0 amide bonds. The van der Waals surface area contributed by atoms with Gasteiger partial charge in [-0.2, -0.15) is 0 Å². The van der Waals surface area contributed by atoms with Gasteiger partial charge in [0.2, 0.25) is 0 Å². The molecule has 1 fully saturated rings. The lowest BCUT2D eigenvalue weighted by Crippen LogP contribution is -2.19. The summed E-state index contributed by atoms with van der Waals surface area (Å²) >= 11 is 0. The number of rotatable bonds is 6. The van der Waals surface area contributed by atoms with Gasteiger partial charge in [0.25, 0.3) is 0 Å². The Balaban J connectivity index is 1.95. The van der Waals surface area contributed by atoms with Crippen molar-refractivity contribution in [1.82, 2.24) is 4.98 Å². The topological polar surface area (TPSA) is 51.7 Å². The normalized spacial score (nSPS) is 13.4. The Hall–Kier alpha value is -3.08. The van der Waals surface area contributed by atoms with Gasteiger partial charge in [-0.25, -0.2) is 4.79 Å². The van der Waals surface area contributed by atoms with Gasteiger partial charge in [0, 0.05) is 24.0 Å². The highest BCUT2D eigenvalue weighted by Gasteiger charge is 2.34. The maximum absolute atomic E-state index is 13.0. The van der Waals surface area contributed by atoms with Crippen molar-refractivity contribution in [2.45, 2.75) is 25.7 Å². The van der Waals surface area contributed by atoms with Crippen molar-refractivity contribution in [2.75, 3.05) is 25.7 Å². The van der Waals surface area contributed by atoms with Crippen LogP contribution in [0.25, 0.3) is 10.9 Å². The van der Waals surface area contributed by atoms with E-state index in [0.717, 1.165) is 46.6 Å². The smallest absolute Gasteiger partial charge is 0.342 e. The highest BCUT2D eigenvalue weighted by Crippen LogP contribution is 2.46. The Bertz CT molecular complexity index is 1010. The highest BCUT2D eigenvalue weighted by molar-refractivity contribution is 6.07. The summed E-state index contributed by atoms with van der Waals surface area (Å²) < 4.78 is 10.7. The van der Waals surface area contributed by atoms with Crippen LogP contribution in [0.5, 0.6) is 5.75 Å². The van der Waals surface area contributed by atoms with E-state index < -0.39 is 0 Å². The Morgan fingerprint density at radius 3 is 2.50 bits per heavy atom. The summed E-state index contributed by atoms with van der Waals surface area (Å²) in [5.41, 5.74) is 4.14. The molecule has 1 aromatic heterocycles. The van der Waals surface area contributed by atoms with E-state index in [9.17, 15) is 4.79 Å². The molecule has 5 nitrogen and oxygen atoms in total. The van der Waals surface area contributed by atoms with Crippen molar-refractivity contribution < 1.29 is 14.3 Å². The average Bonchev–Trinajstić information content (AvgIpc) is 3.57. The summed E-state index contributed by atoms with van der Waals surface area (Å²) in [4.78, 5) is 19.9. The molecule has 0 saturated heterocycles. The number of fused-ring (bicyclic) bond motifs is 1. The number of para-hydroxylation sites is 1. The first-order valence-corrected chi connectivity index (χ1v) is 9.61. The summed E-state index contributed by atoms with van der Waals surface area (Å²) in [7, 11) is 3.62. The van der Waals surface area contributed by atoms with E-state index in [1.54, 1.807) is 7.11 Å². The number of anilines is 2. The second kappa shape index (κ2) is 7.50. The van der Waals surface area contributed by atoms with Gasteiger partial charge in [0.05, 0.1) is 30.6 Å². The van der Waals surface area contributed by atoms with Crippen LogP contribution in [-0.4, -0.2) is 31.7 Å². The van der Waals surface area contributed by atoms with Gasteiger partial charge in [-0.1, -0.05) is 18.2 Å². The molecule has 4 rings (SSSR count). The molecule has 1 aliphatic carbocycles. The number of benzene rings is 2. The third-order valence-electron chi connectivity index (χ3n) is 5.13. The first-order chi connectivity index (χ1) is 13.6.